The highest BCUT2D eigenvalue weighted by Crippen LogP contribution is 2.43. The van der Waals surface area contributed by atoms with Crippen molar-refractivity contribution >= 4 is 37.9 Å². The van der Waals surface area contributed by atoms with E-state index < -0.39 is 5.82 Å². The van der Waals surface area contributed by atoms with Crippen LogP contribution in [0.1, 0.15) is 6.04 Å². The van der Waals surface area contributed by atoms with Crippen molar-refractivity contribution in [2.45, 2.75) is 12.1 Å². The fourth-order valence-electron chi connectivity index (χ4n) is 3.54. The molecule has 6 nitrogen and oxygen atoms in total. The molecule has 5 rings (SSSR count). The number of rotatable bonds is 0. The Hall–Kier alpha value is -1.93. The molecule has 0 unspecified atom stereocenters. The van der Waals surface area contributed by atoms with Crippen molar-refractivity contribution in [3.63, 3.8) is 0 Å². The van der Waals surface area contributed by atoms with Crippen molar-refractivity contribution < 1.29 is 13.9 Å². The molecule has 3 aromatic rings. The van der Waals surface area contributed by atoms with Gasteiger partial charge in [0.25, 0.3) is 0 Å². The van der Waals surface area contributed by atoms with Crippen LogP contribution in [0.4, 0.5) is 4.39 Å². The van der Waals surface area contributed by atoms with Gasteiger partial charge in [-0.25, -0.2) is 9.18 Å². The number of imidazole rings is 1. The molecule has 0 radical (unpaired) electrons. The molecule has 0 aliphatic carbocycles. The molecule has 1 aromatic carbocycles. The molecular weight excluding hydrogens is 369 g/mol. The minimum atomic E-state index is -0.443. The summed E-state index contributed by atoms with van der Waals surface area (Å²) in [6.07, 6.45) is 1.26. The molecule has 1 fully saturated rings. The van der Waals surface area contributed by atoms with Gasteiger partial charge in [0, 0.05) is 13.1 Å². The van der Waals surface area contributed by atoms with Crippen LogP contribution in [-0.2, 0) is 11.8 Å². The summed E-state index contributed by atoms with van der Waals surface area (Å²) in [6.45, 7) is 0.751. The van der Waals surface area contributed by atoms with E-state index in [0.717, 1.165) is 5.52 Å². The Morgan fingerprint density at radius 3 is 3.09 bits per heavy atom. The number of fused-ring (bicyclic) bond motifs is 2. The molecule has 4 heterocycles. The Balaban J connectivity index is 2.09. The van der Waals surface area contributed by atoms with Gasteiger partial charge < -0.3 is 9.47 Å². The van der Waals surface area contributed by atoms with E-state index in [-0.39, 0.29) is 22.3 Å². The van der Waals surface area contributed by atoms with Crippen LogP contribution >= 0.6 is 15.9 Å². The molecule has 0 saturated carbocycles. The number of nitrogens with zero attached hydrogens (tertiary/aromatic N) is 3. The fourth-order valence-corrected chi connectivity index (χ4v) is 3.94. The highest BCUT2D eigenvalue weighted by atomic mass is 79.9. The first kappa shape index (κ1) is 13.5. The Morgan fingerprint density at radius 1 is 1.43 bits per heavy atom. The molecule has 8 heteroatoms. The first-order chi connectivity index (χ1) is 11.1. The third-order valence-electron chi connectivity index (χ3n) is 4.66. The van der Waals surface area contributed by atoms with Gasteiger partial charge in [0.1, 0.15) is 23.7 Å². The average molecular weight is 380 g/mol. The van der Waals surface area contributed by atoms with E-state index in [4.69, 9.17) is 9.47 Å². The SMILES string of the molecule is Cn1c(=O)n2c3c4c(c(Br)c(F)cc4ncc31)O[C@H]1COC[C@@H]12. The molecule has 2 aromatic heterocycles. The number of ether oxygens (including phenoxy) is 2. The topological polar surface area (TPSA) is 58.3 Å². The molecule has 2 aliphatic heterocycles. The second-order valence-corrected chi connectivity index (χ2v) is 6.65. The molecule has 2 aliphatic rings. The van der Waals surface area contributed by atoms with Gasteiger partial charge in [0.2, 0.25) is 0 Å². The largest absolute Gasteiger partial charge is 0.484 e. The number of pyridine rings is 1. The smallest absolute Gasteiger partial charge is 0.329 e. The third-order valence-corrected chi connectivity index (χ3v) is 5.40. The van der Waals surface area contributed by atoms with E-state index in [0.29, 0.717) is 35.4 Å². The summed E-state index contributed by atoms with van der Waals surface area (Å²) >= 11 is 3.27. The second-order valence-electron chi connectivity index (χ2n) is 5.86. The van der Waals surface area contributed by atoms with Gasteiger partial charge in [0.05, 0.1) is 45.8 Å². The highest BCUT2D eigenvalue weighted by Gasteiger charge is 2.39. The quantitative estimate of drug-likeness (QED) is 0.600. The summed E-state index contributed by atoms with van der Waals surface area (Å²) in [4.78, 5) is 17.1. The molecule has 0 spiro atoms. The highest BCUT2D eigenvalue weighted by molar-refractivity contribution is 9.10. The van der Waals surface area contributed by atoms with E-state index >= 15 is 0 Å². The van der Waals surface area contributed by atoms with Crippen molar-refractivity contribution in [3.8, 4) is 5.75 Å². The van der Waals surface area contributed by atoms with Gasteiger partial charge in [-0.05, 0) is 15.9 Å². The number of hydrogen-bond acceptors (Lipinski definition) is 4. The zero-order chi connectivity index (χ0) is 15.9. The van der Waals surface area contributed by atoms with Crippen LogP contribution in [0.2, 0.25) is 0 Å². The summed E-state index contributed by atoms with van der Waals surface area (Å²) in [5.74, 6) is -0.0583. The van der Waals surface area contributed by atoms with Crippen LogP contribution in [0.3, 0.4) is 0 Å². The lowest BCUT2D eigenvalue weighted by molar-refractivity contribution is 0.139. The summed E-state index contributed by atoms with van der Waals surface area (Å²) in [6, 6.07) is 1.12. The first-order valence-corrected chi connectivity index (χ1v) is 7.99. The lowest BCUT2D eigenvalue weighted by Gasteiger charge is -2.18. The predicted octanol–water partition coefficient (Wildman–Crippen LogP) is 2.12. The van der Waals surface area contributed by atoms with E-state index in [1.54, 1.807) is 22.4 Å². The van der Waals surface area contributed by atoms with Crippen LogP contribution in [-0.4, -0.2) is 33.4 Å². The lowest BCUT2D eigenvalue weighted by atomic mass is 10.1. The van der Waals surface area contributed by atoms with Gasteiger partial charge in [-0.2, -0.15) is 0 Å². The zero-order valence-corrected chi connectivity index (χ0v) is 13.6. The van der Waals surface area contributed by atoms with E-state index in [2.05, 4.69) is 20.9 Å². The maximum Gasteiger partial charge on any atom is 0.329 e. The normalized spacial score (nSPS) is 22.6. The van der Waals surface area contributed by atoms with E-state index in [1.165, 1.54) is 6.07 Å². The van der Waals surface area contributed by atoms with Crippen molar-refractivity contribution in [2.75, 3.05) is 13.2 Å². The minimum absolute atomic E-state index is 0.147. The molecule has 0 amide bonds. The standard InChI is InChI=1S/C15H11BrFN3O3/c1-19-8-3-18-7-2-6(17)12(16)14-11(7)13(8)20(15(19)21)9-4-22-5-10(9)23-14/h2-3,9-10H,4-5H2,1H3/t9-,10-/m0/s1. The Kier molecular flexibility index (Phi) is 2.54. The van der Waals surface area contributed by atoms with Crippen molar-refractivity contribution in [2.24, 2.45) is 7.05 Å². The third kappa shape index (κ3) is 1.55. The summed E-state index contributed by atoms with van der Waals surface area (Å²) < 4.78 is 29.3. The van der Waals surface area contributed by atoms with Crippen molar-refractivity contribution in [3.05, 3.63) is 33.0 Å². The maximum atomic E-state index is 14.2. The molecule has 0 N–H and O–H groups in total. The summed E-state index contributed by atoms with van der Waals surface area (Å²) in [5.41, 5.74) is 1.73. The molecular formula is C15H11BrFN3O3. The van der Waals surface area contributed by atoms with Crippen molar-refractivity contribution in [1.29, 1.82) is 0 Å². The molecule has 118 valence electrons. The number of benzene rings is 1. The maximum absolute atomic E-state index is 14.2. The first-order valence-electron chi connectivity index (χ1n) is 7.20. The van der Waals surface area contributed by atoms with Gasteiger partial charge in [-0.3, -0.25) is 14.1 Å². The van der Waals surface area contributed by atoms with E-state index in [9.17, 15) is 9.18 Å². The van der Waals surface area contributed by atoms with Gasteiger partial charge in [-0.1, -0.05) is 0 Å². The number of aromatic nitrogens is 3. The Bertz CT molecular complexity index is 1060. The van der Waals surface area contributed by atoms with Crippen LogP contribution in [0.5, 0.6) is 5.75 Å². The zero-order valence-electron chi connectivity index (χ0n) is 12.0. The van der Waals surface area contributed by atoms with E-state index in [1.807, 2.05) is 0 Å². The summed E-state index contributed by atoms with van der Waals surface area (Å²) in [5, 5.41) is 0.655. The Morgan fingerprint density at radius 2 is 2.26 bits per heavy atom. The molecule has 23 heavy (non-hydrogen) atoms. The fraction of sp³-hybridized carbons (Fsp3) is 0.333. The van der Waals surface area contributed by atoms with Gasteiger partial charge in [0.15, 0.2) is 0 Å². The molecule has 2 atom stereocenters. The predicted molar refractivity (Wildman–Crippen MR) is 84.4 cm³/mol. The van der Waals surface area contributed by atoms with Crippen molar-refractivity contribution in [1.82, 2.24) is 14.1 Å². The Labute approximate surface area is 137 Å². The van der Waals surface area contributed by atoms with Crippen LogP contribution < -0.4 is 10.4 Å². The van der Waals surface area contributed by atoms with Crippen LogP contribution in [0.25, 0.3) is 21.9 Å². The monoisotopic (exact) mass is 379 g/mol. The number of hydrogen-bond donors (Lipinski definition) is 0. The van der Waals surface area contributed by atoms with Gasteiger partial charge in [-0.15, -0.1) is 0 Å². The van der Waals surface area contributed by atoms with Crippen LogP contribution in [0, 0.1) is 5.82 Å². The second kappa shape index (κ2) is 4.33. The summed E-state index contributed by atoms with van der Waals surface area (Å²) in [7, 11) is 1.71. The lowest BCUT2D eigenvalue weighted by Crippen LogP contribution is -2.34. The number of halogens is 2. The van der Waals surface area contributed by atoms with Crippen LogP contribution in [0.15, 0.2) is 21.5 Å². The van der Waals surface area contributed by atoms with Gasteiger partial charge >= 0.3 is 5.69 Å². The minimum Gasteiger partial charge on any atom is -0.484 e. The average Bonchev–Trinajstić information content (AvgIpc) is 3.03. The number of aryl methyl sites for hydroxylation is 1. The molecule has 0 bridgehead atoms. The molecule has 1 saturated heterocycles.